The molecule has 7 nitrogen and oxygen atoms in total. The van der Waals surface area contributed by atoms with Crippen molar-refractivity contribution in [2.24, 2.45) is 5.41 Å². The van der Waals surface area contributed by atoms with Crippen LogP contribution in [0.5, 0.6) is 11.5 Å². The maximum atomic E-state index is 11.7. The zero-order valence-corrected chi connectivity index (χ0v) is 18.2. The molecule has 1 spiro atoms. The molecule has 7 heteroatoms. The van der Waals surface area contributed by atoms with Gasteiger partial charge in [0.25, 0.3) is 0 Å². The van der Waals surface area contributed by atoms with E-state index < -0.39 is 0 Å². The average molecular weight is 440 g/mol. The lowest BCUT2D eigenvalue weighted by Gasteiger charge is -2.59. The molecule has 3 aromatic rings. The Morgan fingerprint density at radius 3 is 2.52 bits per heavy atom. The van der Waals surface area contributed by atoms with Crippen LogP contribution in [0.15, 0.2) is 79.8 Å². The van der Waals surface area contributed by atoms with Gasteiger partial charge in [-0.25, -0.2) is 9.97 Å². The Balaban J connectivity index is 1.22. The Labute approximate surface area is 192 Å². The summed E-state index contributed by atoms with van der Waals surface area (Å²) in [4.78, 5) is 22.1. The van der Waals surface area contributed by atoms with E-state index in [0.29, 0.717) is 22.8 Å². The molecule has 1 aliphatic carbocycles. The van der Waals surface area contributed by atoms with Crippen LogP contribution in [0.2, 0.25) is 0 Å². The van der Waals surface area contributed by atoms with Crippen LogP contribution in [0.3, 0.4) is 0 Å². The molecule has 2 aliphatic rings. The molecular weight excluding hydrogens is 414 g/mol. The molecule has 0 unspecified atom stereocenters. The van der Waals surface area contributed by atoms with Crippen molar-refractivity contribution in [1.82, 2.24) is 14.9 Å². The monoisotopic (exact) mass is 439 g/mol. The second kappa shape index (κ2) is 8.50. The molecule has 33 heavy (non-hydrogen) atoms. The molecule has 166 valence electrons. The summed E-state index contributed by atoms with van der Waals surface area (Å²) in [5.41, 5.74) is 1.99. The minimum absolute atomic E-state index is 0.00348. The normalized spacial score (nSPS) is 16.4. The zero-order chi connectivity index (χ0) is 22.8. The summed E-state index contributed by atoms with van der Waals surface area (Å²) in [5, 5.41) is 12.2. The summed E-state index contributed by atoms with van der Waals surface area (Å²) >= 11 is 0. The Bertz CT molecular complexity index is 1180. The highest BCUT2D eigenvalue weighted by atomic mass is 16.5. The van der Waals surface area contributed by atoms with E-state index in [9.17, 15) is 4.79 Å². The number of ether oxygens (including phenoxy) is 1. The first-order chi connectivity index (χ1) is 16.0. The number of nitrogens with zero attached hydrogens (tertiary/aromatic N) is 3. The summed E-state index contributed by atoms with van der Waals surface area (Å²) in [7, 11) is 0. The number of aromatic nitrogens is 2. The number of nitrogens with one attached hydrogen (secondary N) is 2. The van der Waals surface area contributed by atoms with Crippen LogP contribution in [0.1, 0.15) is 24.0 Å². The Morgan fingerprint density at radius 2 is 1.82 bits per heavy atom. The second-order valence-electron chi connectivity index (χ2n) is 8.75. The molecule has 1 saturated heterocycles. The van der Waals surface area contributed by atoms with Crippen molar-refractivity contribution in [1.29, 1.82) is 5.41 Å². The first-order valence-corrected chi connectivity index (χ1v) is 11.0. The van der Waals surface area contributed by atoms with E-state index >= 15 is 0 Å². The fraction of sp³-hybridized carbons (Fsp3) is 0.231. The third-order valence-corrected chi connectivity index (χ3v) is 6.34. The van der Waals surface area contributed by atoms with E-state index in [-0.39, 0.29) is 17.4 Å². The molecule has 1 aromatic heterocycles. The minimum atomic E-state index is 0.00348. The lowest BCUT2D eigenvalue weighted by Crippen LogP contribution is -2.66. The molecule has 2 heterocycles. The molecule has 0 bridgehead atoms. The molecule has 2 fully saturated rings. The first kappa shape index (κ1) is 20.9. The predicted octanol–water partition coefficient (Wildman–Crippen LogP) is 4.27. The molecule has 5 rings (SSSR count). The minimum Gasteiger partial charge on any atom is -0.457 e. The van der Waals surface area contributed by atoms with E-state index in [1.54, 1.807) is 6.20 Å². The van der Waals surface area contributed by atoms with Gasteiger partial charge in [0, 0.05) is 36.3 Å². The van der Waals surface area contributed by atoms with Crippen LogP contribution in [0, 0.1) is 10.8 Å². The van der Waals surface area contributed by atoms with Crippen molar-refractivity contribution in [3.63, 3.8) is 0 Å². The number of rotatable bonds is 7. The Kier molecular flexibility index (Phi) is 5.38. The molecule has 2 N–H and O–H groups in total. The van der Waals surface area contributed by atoms with Crippen molar-refractivity contribution in [2.75, 3.05) is 18.4 Å². The third kappa shape index (κ3) is 4.22. The highest BCUT2D eigenvalue weighted by Gasteiger charge is 2.53. The zero-order valence-electron chi connectivity index (χ0n) is 18.2. The number of amides is 1. The molecule has 1 amide bonds. The van der Waals surface area contributed by atoms with Gasteiger partial charge in [0.15, 0.2) is 0 Å². The van der Waals surface area contributed by atoms with Gasteiger partial charge in [-0.05, 0) is 55.3 Å². The standard InChI is InChI=1S/C26H25N5O2/c1-2-23(32)31-15-26(16-31)12-19(13-26)30-25-22(14-28-17-29-25)24(27)18-8-10-21(11-9-18)33-20-6-4-3-5-7-20/h2-11,14,17,19,27H,1,12-13,15-16H2,(H,28,29,30). The van der Waals surface area contributed by atoms with Gasteiger partial charge < -0.3 is 15.0 Å². The van der Waals surface area contributed by atoms with E-state index in [2.05, 4.69) is 21.9 Å². The van der Waals surface area contributed by atoms with Gasteiger partial charge in [-0.2, -0.15) is 0 Å². The highest BCUT2D eigenvalue weighted by Crippen LogP contribution is 2.49. The van der Waals surface area contributed by atoms with Crippen LogP contribution in [0.4, 0.5) is 5.82 Å². The summed E-state index contributed by atoms with van der Waals surface area (Å²) in [6.45, 7) is 5.14. The smallest absolute Gasteiger partial charge is 0.245 e. The molecule has 1 aliphatic heterocycles. The summed E-state index contributed by atoms with van der Waals surface area (Å²) in [5.74, 6) is 2.15. The van der Waals surface area contributed by atoms with Crippen molar-refractivity contribution < 1.29 is 9.53 Å². The fourth-order valence-electron chi connectivity index (χ4n) is 4.68. The molecular formula is C26H25N5O2. The Morgan fingerprint density at radius 1 is 1.12 bits per heavy atom. The number of anilines is 1. The predicted molar refractivity (Wildman–Crippen MR) is 127 cm³/mol. The van der Waals surface area contributed by atoms with Crippen molar-refractivity contribution in [2.45, 2.75) is 18.9 Å². The van der Waals surface area contributed by atoms with Crippen LogP contribution < -0.4 is 10.1 Å². The van der Waals surface area contributed by atoms with E-state index in [0.717, 1.165) is 37.2 Å². The van der Waals surface area contributed by atoms with Gasteiger partial charge in [0.05, 0.1) is 11.3 Å². The summed E-state index contributed by atoms with van der Waals surface area (Å²) in [6.07, 6.45) is 6.51. The number of carbonyl (C=O) groups is 1. The number of carbonyl (C=O) groups excluding carboxylic acids is 1. The largest absolute Gasteiger partial charge is 0.457 e. The SMILES string of the molecule is C=CC(=O)N1CC2(CC(Nc3ncncc3C(=N)c3ccc(Oc4ccccc4)cc3)C2)C1. The molecule has 2 aromatic carbocycles. The van der Waals surface area contributed by atoms with Gasteiger partial charge in [-0.3, -0.25) is 10.2 Å². The van der Waals surface area contributed by atoms with Crippen molar-refractivity contribution in [3.05, 3.63) is 90.9 Å². The van der Waals surface area contributed by atoms with Crippen LogP contribution in [0.25, 0.3) is 0 Å². The second-order valence-corrected chi connectivity index (χ2v) is 8.75. The topological polar surface area (TPSA) is 91.2 Å². The lowest BCUT2D eigenvalue weighted by atomic mass is 9.60. The highest BCUT2D eigenvalue weighted by molar-refractivity contribution is 6.13. The Hall–Kier alpha value is -4.00. The van der Waals surface area contributed by atoms with Crippen LogP contribution in [-0.4, -0.2) is 45.6 Å². The summed E-state index contributed by atoms with van der Waals surface area (Å²) < 4.78 is 5.84. The van der Waals surface area contributed by atoms with Gasteiger partial charge >= 0.3 is 0 Å². The first-order valence-electron chi connectivity index (χ1n) is 11.0. The van der Waals surface area contributed by atoms with Gasteiger partial charge in [-0.1, -0.05) is 24.8 Å². The van der Waals surface area contributed by atoms with Crippen molar-refractivity contribution >= 4 is 17.4 Å². The summed E-state index contributed by atoms with van der Waals surface area (Å²) in [6, 6.07) is 17.3. The number of hydrogen-bond donors (Lipinski definition) is 2. The van der Waals surface area contributed by atoms with Gasteiger partial charge in [0.1, 0.15) is 23.6 Å². The van der Waals surface area contributed by atoms with E-state index in [1.165, 1.54) is 12.4 Å². The molecule has 0 radical (unpaired) electrons. The van der Waals surface area contributed by atoms with E-state index in [4.69, 9.17) is 10.1 Å². The number of likely N-dealkylation sites (tertiary alicyclic amines) is 1. The fourth-order valence-corrected chi connectivity index (χ4v) is 4.68. The quantitative estimate of drug-likeness (QED) is 0.424. The number of benzene rings is 2. The van der Waals surface area contributed by atoms with Crippen molar-refractivity contribution in [3.8, 4) is 11.5 Å². The van der Waals surface area contributed by atoms with Gasteiger partial charge in [-0.15, -0.1) is 0 Å². The lowest BCUT2D eigenvalue weighted by molar-refractivity contribution is -0.144. The average Bonchev–Trinajstić information content (AvgIpc) is 2.80. The van der Waals surface area contributed by atoms with Crippen LogP contribution >= 0.6 is 0 Å². The number of hydrogen-bond acceptors (Lipinski definition) is 6. The van der Waals surface area contributed by atoms with E-state index in [1.807, 2.05) is 59.5 Å². The molecule has 1 saturated carbocycles. The maximum absolute atomic E-state index is 11.7. The van der Waals surface area contributed by atoms with Crippen LogP contribution in [-0.2, 0) is 4.79 Å². The third-order valence-electron chi connectivity index (χ3n) is 6.34. The number of para-hydroxylation sites is 1. The maximum Gasteiger partial charge on any atom is 0.245 e. The molecule has 0 atom stereocenters. The van der Waals surface area contributed by atoms with Gasteiger partial charge in [0.2, 0.25) is 5.91 Å².